The quantitative estimate of drug-likeness (QED) is 0.848. The summed E-state index contributed by atoms with van der Waals surface area (Å²) in [6.07, 6.45) is 0. The average molecular weight is 340 g/mol. The van der Waals surface area contributed by atoms with E-state index in [1.165, 1.54) is 18.2 Å². The first-order valence-electron chi connectivity index (χ1n) is 6.46. The van der Waals surface area contributed by atoms with Crippen LogP contribution in [0.3, 0.4) is 0 Å². The van der Waals surface area contributed by atoms with Crippen molar-refractivity contribution in [1.29, 1.82) is 0 Å². The molecule has 106 valence electrons. The van der Waals surface area contributed by atoms with Crippen LogP contribution < -0.4 is 5.32 Å². The van der Waals surface area contributed by atoms with Crippen LogP contribution in [-0.4, -0.2) is 6.54 Å². The third kappa shape index (κ3) is 3.44. The zero-order valence-corrected chi connectivity index (χ0v) is 13.0. The highest BCUT2D eigenvalue weighted by molar-refractivity contribution is 9.10. The van der Waals surface area contributed by atoms with Crippen LogP contribution in [0.4, 0.5) is 8.78 Å². The number of nitrogens with one attached hydrogen (secondary N) is 1. The molecule has 1 nitrogen and oxygen atoms in total. The number of hydrogen-bond donors (Lipinski definition) is 1. The molecule has 4 heteroatoms. The standard InChI is InChI=1S/C16H16BrF2N/c1-3-20-16(11-7-12(17)9-13(18)8-11)14-6-10(2)4-5-15(14)19/h4-9,16,20H,3H2,1-2H3. The molecule has 2 aromatic carbocycles. The molecule has 0 spiro atoms. The zero-order chi connectivity index (χ0) is 14.7. The van der Waals surface area contributed by atoms with Crippen LogP contribution in [0.25, 0.3) is 0 Å². The fourth-order valence-corrected chi connectivity index (χ4v) is 2.72. The summed E-state index contributed by atoms with van der Waals surface area (Å²) in [6, 6.07) is 9.22. The summed E-state index contributed by atoms with van der Waals surface area (Å²) >= 11 is 3.28. The molecule has 0 amide bonds. The first-order chi connectivity index (χ1) is 9.51. The van der Waals surface area contributed by atoms with E-state index in [0.717, 1.165) is 5.56 Å². The number of benzene rings is 2. The molecule has 0 saturated carbocycles. The van der Waals surface area contributed by atoms with Crippen molar-refractivity contribution in [3.63, 3.8) is 0 Å². The Bertz CT molecular complexity index is 593. The molecule has 0 aliphatic heterocycles. The highest BCUT2D eigenvalue weighted by atomic mass is 79.9. The first-order valence-corrected chi connectivity index (χ1v) is 7.26. The Labute approximate surface area is 126 Å². The molecule has 0 heterocycles. The molecule has 0 aliphatic rings. The Morgan fingerprint density at radius 1 is 1.15 bits per heavy atom. The second-order valence-corrected chi connectivity index (χ2v) is 5.63. The SMILES string of the molecule is CCNC(c1cc(F)cc(Br)c1)c1cc(C)ccc1F. The van der Waals surface area contributed by atoms with Crippen LogP contribution in [0.1, 0.15) is 29.7 Å². The highest BCUT2D eigenvalue weighted by Crippen LogP contribution is 2.28. The minimum Gasteiger partial charge on any atom is -0.306 e. The predicted molar refractivity (Wildman–Crippen MR) is 80.8 cm³/mol. The van der Waals surface area contributed by atoms with E-state index in [2.05, 4.69) is 21.2 Å². The maximum Gasteiger partial charge on any atom is 0.128 e. The monoisotopic (exact) mass is 339 g/mol. The maximum atomic E-state index is 14.1. The molecule has 0 bridgehead atoms. The van der Waals surface area contributed by atoms with Gasteiger partial charge in [-0.3, -0.25) is 0 Å². The predicted octanol–water partition coefficient (Wildman–Crippen LogP) is 4.73. The van der Waals surface area contributed by atoms with Crippen molar-refractivity contribution in [3.8, 4) is 0 Å². The molecule has 0 aliphatic carbocycles. The van der Waals surface area contributed by atoms with E-state index in [0.29, 0.717) is 22.1 Å². The summed E-state index contributed by atoms with van der Waals surface area (Å²) in [4.78, 5) is 0. The van der Waals surface area contributed by atoms with Crippen molar-refractivity contribution in [2.45, 2.75) is 19.9 Å². The van der Waals surface area contributed by atoms with E-state index in [-0.39, 0.29) is 17.7 Å². The molecule has 1 unspecified atom stereocenters. The number of hydrogen-bond acceptors (Lipinski definition) is 1. The second-order valence-electron chi connectivity index (χ2n) is 4.72. The normalized spacial score (nSPS) is 12.4. The fourth-order valence-electron chi connectivity index (χ4n) is 2.24. The summed E-state index contributed by atoms with van der Waals surface area (Å²) in [5, 5.41) is 3.21. The summed E-state index contributed by atoms with van der Waals surface area (Å²) in [6.45, 7) is 4.51. The molecule has 0 aromatic heterocycles. The van der Waals surface area contributed by atoms with E-state index < -0.39 is 0 Å². The van der Waals surface area contributed by atoms with Gasteiger partial charge in [0, 0.05) is 10.0 Å². The lowest BCUT2D eigenvalue weighted by Gasteiger charge is -2.20. The van der Waals surface area contributed by atoms with E-state index in [1.807, 2.05) is 13.8 Å². The average Bonchev–Trinajstić information content (AvgIpc) is 2.38. The summed E-state index contributed by atoms with van der Waals surface area (Å²) in [7, 11) is 0. The van der Waals surface area contributed by atoms with E-state index in [1.54, 1.807) is 18.2 Å². The van der Waals surface area contributed by atoms with Gasteiger partial charge in [-0.05, 0) is 43.3 Å². The van der Waals surface area contributed by atoms with Gasteiger partial charge < -0.3 is 5.32 Å². The van der Waals surface area contributed by atoms with Crippen molar-refractivity contribution in [2.75, 3.05) is 6.54 Å². The highest BCUT2D eigenvalue weighted by Gasteiger charge is 2.18. The molecule has 0 radical (unpaired) electrons. The minimum atomic E-state index is -0.369. The van der Waals surface area contributed by atoms with Gasteiger partial charge in [-0.25, -0.2) is 8.78 Å². The summed E-state index contributed by atoms with van der Waals surface area (Å²) < 4.78 is 28.3. The van der Waals surface area contributed by atoms with Gasteiger partial charge in [0.2, 0.25) is 0 Å². The van der Waals surface area contributed by atoms with Gasteiger partial charge in [-0.2, -0.15) is 0 Å². The molecule has 0 saturated heterocycles. The lowest BCUT2D eigenvalue weighted by atomic mass is 9.96. The number of halogens is 3. The lowest BCUT2D eigenvalue weighted by Crippen LogP contribution is -2.23. The molecule has 0 fully saturated rings. The molecule has 20 heavy (non-hydrogen) atoms. The van der Waals surface area contributed by atoms with Gasteiger partial charge in [-0.1, -0.05) is 40.5 Å². The largest absolute Gasteiger partial charge is 0.306 e. The molecule has 1 atom stereocenters. The van der Waals surface area contributed by atoms with Gasteiger partial charge in [0.1, 0.15) is 11.6 Å². The van der Waals surface area contributed by atoms with Crippen LogP contribution >= 0.6 is 15.9 Å². The van der Waals surface area contributed by atoms with Crippen LogP contribution in [0.15, 0.2) is 40.9 Å². The Morgan fingerprint density at radius 3 is 2.55 bits per heavy atom. The third-order valence-corrected chi connectivity index (χ3v) is 3.55. The number of aryl methyl sites for hydroxylation is 1. The van der Waals surface area contributed by atoms with Gasteiger partial charge in [0.05, 0.1) is 6.04 Å². The molecule has 2 aromatic rings. The van der Waals surface area contributed by atoms with Gasteiger partial charge in [0.25, 0.3) is 0 Å². The van der Waals surface area contributed by atoms with Gasteiger partial charge >= 0.3 is 0 Å². The van der Waals surface area contributed by atoms with Crippen molar-refractivity contribution < 1.29 is 8.78 Å². The van der Waals surface area contributed by atoms with E-state index in [9.17, 15) is 8.78 Å². The van der Waals surface area contributed by atoms with Gasteiger partial charge in [0.15, 0.2) is 0 Å². The third-order valence-electron chi connectivity index (χ3n) is 3.09. The molecule has 1 N–H and O–H groups in total. The number of rotatable bonds is 4. The zero-order valence-electron chi connectivity index (χ0n) is 11.4. The van der Waals surface area contributed by atoms with Crippen molar-refractivity contribution in [3.05, 3.63) is 69.2 Å². The van der Waals surface area contributed by atoms with Crippen molar-refractivity contribution >= 4 is 15.9 Å². The van der Waals surface area contributed by atoms with Crippen LogP contribution in [-0.2, 0) is 0 Å². The summed E-state index contributed by atoms with van der Waals surface area (Å²) in [5.74, 6) is -0.632. The molecular formula is C16H16BrF2N. The topological polar surface area (TPSA) is 12.0 Å². The smallest absolute Gasteiger partial charge is 0.128 e. The summed E-state index contributed by atoms with van der Waals surface area (Å²) in [5.41, 5.74) is 2.20. The Hall–Kier alpha value is -1.26. The lowest BCUT2D eigenvalue weighted by molar-refractivity contribution is 0.554. The van der Waals surface area contributed by atoms with Gasteiger partial charge in [-0.15, -0.1) is 0 Å². The second kappa shape index (κ2) is 6.46. The van der Waals surface area contributed by atoms with Crippen LogP contribution in [0.2, 0.25) is 0 Å². The Morgan fingerprint density at radius 2 is 1.90 bits per heavy atom. The van der Waals surface area contributed by atoms with E-state index >= 15 is 0 Å². The Balaban J connectivity index is 2.52. The minimum absolute atomic E-state index is 0.290. The molecular weight excluding hydrogens is 324 g/mol. The van der Waals surface area contributed by atoms with Crippen LogP contribution in [0, 0.1) is 18.6 Å². The molecule has 2 rings (SSSR count). The fraction of sp³-hybridized carbons (Fsp3) is 0.250. The first kappa shape index (κ1) is 15.1. The maximum absolute atomic E-state index is 14.1. The Kier molecular flexibility index (Phi) is 4.89. The van der Waals surface area contributed by atoms with Crippen molar-refractivity contribution in [1.82, 2.24) is 5.32 Å². The van der Waals surface area contributed by atoms with Crippen LogP contribution in [0.5, 0.6) is 0 Å². The van der Waals surface area contributed by atoms with E-state index in [4.69, 9.17) is 0 Å². The van der Waals surface area contributed by atoms with Crippen molar-refractivity contribution in [2.24, 2.45) is 0 Å².